The summed E-state index contributed by atoms with van der Waals surface area (Å²) in [5, 5.41) is 0. The Hall–Kier alpha value is -2.88. The Morgan fingerprint density at radius 3 is 2.39 bits per heavy atom. The lowest BCUT2D eigenvalue weighted by Crippen LogP contribution is -2.35. The fraction of sp³-hybridized carbons (Fsp3) is 0.407. The molecule has 4 heteroatoms. The summed E-state index contributed by atoms with van der Waals surface area (Å²) in [6, 6.07) is 20.9. The maximum Gasteiger partial charge on any atom is 0.223 e. The van der Waals surface area contributed by atoms with E-state index in [1.54, 1.807) is 0 Å². The molecule has 3 unspecified atom stereocenters. The van der Waals surface area contributed by atoms with Gasteiger partial charge in [-0.1, -0.05) is 72.3 Å². The minimum Gasteiger partial charge on any atom is -0.370 e. The zero-order valence-electron chi connectivity index (χ0n) is 18.1. The van der Waals surface area contributed by atoms with E-state index in [0.29, 0.717) is 31.2 Å². The first-order chi connectivity index (χ1) is 15.1. The van der Waals surface area contributed by atoms with Gasteiger partial charge >= 0.3 is 0 Å². The molecule has 2 amide bonds. The number of nitrogens with two attached hydrogens (primary N) is 1. The van der Waals surface area contributed by atoms with Crippen LogP contribution in [0.5, 0.6) is 0 Å². The van der Waals surface area contributed by atoms with Crippen molar-refractivity contribution in [1.82, 2.24) is 4.90 Å². The third kappa shape index (κ3) is 5.84. The largest absolute Gasteiger partial charge is 0.370 e. The highest BCUT2D eigenvalue weighted by atomic mass is 16.2. The van der Waals surface area contributed by atoms with Crippen LogP contribution in [-0.4, -0.2) is 22.8 Å². The third-order valence-corrected chi connectivity index (χ3v) is 6.68. The van der Waals surface area contributed by atoms with E-state index in [9.17, 15) is 9.59 Å². The zero-order valence-corrected chi connectivity index (χ0v) is 18.1. The van der Waals surface area contributed by atoms with E-state index < -0.39 is 0 Å². The van der Waals surface area contributed by atoms with Crippen LogP contribution in [0.25, 0.3) is 6.08 Å². The van der Waals surface area contributed by atoms with Crippen LogP contribution in [0.2, 0.25) is 0 Å². The van der Waals surface area contributed by atoms with Gasteiger partial charge in [0.25, 0.3) is 0 Å². The smallest absolute Gasteiger partial charge is 0.223 e. The summed E-state index contributed by atoms with van der Waals surface area (Å²) in [7, 11) is 0. The maximum atomic E-state index is 12.6. The summed E-state index contributed by atoms with van der Waals surface area (Å²) < 4.78 is 0. The third-order valence-electron chi connectivity index (χ3n) is 6.68. The van der Waals surface area contributed by atoms with Crippen LogP contribution in [0.4, 0.5) is 0 Å². The van der Waals surface area contributed by atoms with E-state index in [1.165, 1.54) is 16.7 Å². The Labute approximate surface area is 185 Å². The molecular formula is C27H32N2O2. The van der Waals surface area contributed by atoms with Crippen molar-refractivity contribution in [2.24, 2.45) is 17.6 Å². The minimum atomic E-state index is -0.216. The molecule has 2 aromatic carbocycles. The first-order valence-electron chi connectivity index (χ1n) is 11.4. The number of hydrogen-bond acceptors (Lipinski definition) is 2. The Morgan fingerprint density at radius 1 is 1.00 bits per heavy atom. The molecule has 0 radical (unpaired) electrons. The lowest BCUT2D eigenvalue weighted by molar-refractivity contribution is -0.129. The predicted molar refractivity (Wildman–Crippen MR) is 124 cm³/mol. The van der Waals surface area contributed by atoms with Gasteiger partial charge in [0.15, 0.2) is 0 Å². The molecule has 0 spiro atoms. The van der Waals surface area contributed by atoms with Crippen LogP contribution in [0.3, 0.4) is 0 Å². The van der Waals surface area contributed by atoms with Crippen molar-refractivity contribution in [3.63, 3.8) is 0 Å². The Bertz CT molecular complexity index is 923. The zero-order chi connectivity index (χ0) is 21.6. The summed E-state index contributed by atoms with van der Waals surface area (Å²) in [6.07, 6.45) is 8.28. The summed E-state index contributed by atoms with van der Waals surface area (Å²) >= 11 is 0. The van der Waals surface area contributed by atoms with Gasteiger partial charge in [0.1, 0.15) is 0 Å². The van der Waals surface area contributed by atoms with E-state index in [4.69, 9.17) is 5.73 Å². The van der Waals surface area contributed by atoms with Crippen LogP contribution in [0.1, 0.15) is 56.1 Å². The van der Waals surface area contributed by atoms with Crippen LogP contribution in [0, 0.1) is 11.8 Å². The molecule has 2 aliphatic rings. The van der Waals surface area contributed by atoms with Gasteiger partial charge in [-0.3, -0.25) is 9.59 Å². The number of carbonyl (C=O) groups is 2. The number of allylic oxidation sites excluding steroid dienone is 1. The maximum absolute atomic E-state index is 12.6. The second kappa shape index (κ2) is 9.95. The van der Waals surface area contributed by atoms with Crippen molar-refractivity contribution in [1.29, 1.82) is 0 Å². The van der Waals surface area contributed by atoms with Gasteiger partial charge in [-0.15, -0.1) is 0 Å². The standard InChI is InChI=1S/C27H32N2O2/c28-26(30)18-24-15-22(13-20-7-3-1-4-8-20)14-23(16-24)17-25-11-12-27(31)29(25)19-21-9-5-2-6-10-21/h1-10,13,23-25H,11-12,14-19H2,(H2,28,30)/b22-13-. The summed E-state index contributed by atoms with van der Waals surface area (Å²) in [4.78, 5) is 26.3. The molecule has 3 atom stereocenters. The van der Waals surface area contributed by atoms with Crippen molar-refractivity contribution >= 4 is 17.9 Å². The Balaban J connectivity index is 1.47. The summed E-state index contributed by atoms with van der Waals surface area (Å²) in [5.74, 6) is 0.818. The molecule has 1 aliphatic heterocycles. The van der Waals surface area contributed by atoms with Gasteiger partial charge in [-0.25, -0.2) is 0 Å². The van der Waals surface area contributed by atoms with Crippen molar-refractivity contribution in [3.05, 3.63) is 77.4 Å². The fourth-order valence-electron chi connectivity index (χ4n) is 5.41. The van der Waals surface area contributed by atoms with Crippen molar-refractivity contribution in [2.75, 3.05) is 0 Å². The van der Waals surface area contributed by atoms with Crippen molar-refractivity contribution in [2.45, 2.75) is 57.5 Å². The average Bonchev–Trinajstić information content (AvgIpc) is 3.08. The number of hydrogen-bond donors (Lipinski definition) is 1. The second-order valence-electron chi connectivity index (χ2n) is 9.20. The SMILES string of the molecule is NC(=O)CC1C/C(=C\c2ccccc2)CC(CC2CCC(=O)N2Cc2ccccc2)C1. The number of nitrogens with zero attached hydrogens (tertiary/aromatic N) is 1. The van der Waals surface area contributed by atoms with Gasteiger partial charge in [0.05, 0.1) is 0 Å². The highest BCUT2D eigenvalue weighted by Crippen LogP contribution is 2.40. The van der Waals surface area contributed by atoms with Crippen molar-refractivity contribution < 1.29 is 9.59 Å². The van der Waals surface area contributed by atoms with Crippen LogP contribution in [0.15, 0.2) is 66.2 Å². The minimum absolute atomic E-state index is 0.216. The molecule has 2 fully saturated rings. The van der Waals surface area contributed by atoms with E-state index in [2.05, 4.69) is 47.4 Å². The number of benzene rings is 2. The molecule has 162 valence electrons. The van der Waals surface area contributed by atoms with E-state index in [-0.39, 0.29) is 17.9 Å². The number of carbonyl (C=O) groups excluding carboxylic acids is 2. The van der Waals surface area contributed by atoms with E-state index >= 15 is 0 Å². The first kappa shape index (κ1) is 21.4. The molecular weight excluding hydrogens is 384 g/mol. The molecule has 2 aromatic rings. The molecule has 1 heterocycles. The van der Waals surface area contributed by atoms with Gasteiger partial charge in [-0.2, -0.15) is 0 Å². The summed E-state index contributed by atoms with van der Waals surface area (Å²) in [5.41, 5.74) is 9.33. The van der Waals surface area contributed by atoms with Crippen molar-refractivity contribution in [3.8, 4) is 0 Å². The van der Waals surface area contributed by atoms with Gasteiger partial charge in [-0.05, 0) is 55.1 Å². The Morgan fingerprint density at radius 2 is 1.68 bits per heavy atom. The predicted octanol–water partition coefficient (Wildman–Crippen LogP) is 4.94. The normalized spacial score (nSPS) is 25.2. The molecule has 31 heavy (non-hydrogen) atoms. The van der Waals surface area contributed by atoms with E-state index in [0.717, 1.165) is 32.1 Å². The monoisotopic (exact) mass is 416 g/mol. The molecule has 4 rings (SSSR count). The molecule has 1 aliphatic carbocycles. The van der Waals surface area contributed by atoms with Crippen LogP contribution < -0.4 is 5.73 Å². The molecule has 1 saturated heterocycles. The summed E-state index contributed by atoms with van der Waals surface area (Å²) in [6.45, 7) is 0.689. The van der Waals surface area contributed by atoms with Gasteiger partial charge < -0.3 is 10.6 Å². The topological polar surface area (TPSA) is 63.4 Å². The number of rotatable bonds is 7. The van der Waals surface area contributed by atoms with Crippen LogP contribution >= 0.6 is 0 Å². The lowest BCUT2D eigenvalue weighted by atomic mass is 9.74. The van der Waals surface area contributed by atoms with E-state index in [1.807, 2.05) is 24.3 Å². The number of likely N-dealkylation sites (tertiary alicyclic amines) is 1. The number of amides is 2. The first-order valence-corrected chi connectivity index (χ1v) is 11.4. The molecule has 0 aromatic heterocycles. The highest BCUT2D eigenvalue weighted by molar-refractivity contribution is 5.78. The second-order valence-corrected chi connectivity index (χ2v) is 9.20. The lowest BCUT2D eigenvalue weighted by Gasteiger charge is -2.34. The fourth-order valence-corrected chi connectivity index (χ4v) is 5.41. The Kier molecular flexibility index (Phi) is 6.86. The highest BCUT2D eigenvalue weighted by Gasteiger charge is 2.35. The molecule has 4 nitrogen and oxygen atoms in total. The number of primary amides is 1. The average molecular weight is 417 g/mol. The molecule has 1 saturated carbocycles. The van der Waals surface area contributed by atoms with Gasteiger partial charge in [0.2, 0.25) is 11.8 Å². The van der Waals surface area contributed by atoms with Crippen LogP contribution in [-0.2, 0) is 16.1 Å². The molecule has 0 bridgehead atoms. The van der Waals surface area contributed by atoms with Gasteiger partial charge in [0, 0.05) is 25.4 Å². The molecule has 2 N–H and O–H groups in total. The quantitative estimate of drug-likeness (QED) is 0.695.